The summed E-state index contributed by atoms with van der Waals surface area (Å²) in [6.07, 6.45) is 3.60. The molecule has 1 saturated heterocycles. The van der Waals surface area contributed by atoms with Gasteiger partial charge in [-0.05, 0) is 37.0 Å². The number of rotatable bonds is 6. The smallest absolute Gasteiger partial charge is 0.294 e. The highest BCUT2D eigenvalue weighted by atomic mass is 16.2. The van der Waals surface area contributed by atoms with Gasteiger partial charge in [-0.25, -0.2) is 4.98 Å². The monoisotopic (exact) mass is 390 g/mol. The number of carbonyl (C=O) groups excluding carboxylic acids is 1. The average molecular weight is 390 g/mol. The van der Waals surface area contributed by atoms with Crippen molar-refractivity contribution < 1.29 is 4.79 Å². The molecule has 0 saturated carbocycles. The molecule has 0 spiro atoms. The Kier molecular flexibility index (Phi) is 5.89. The second kappa shape index (κ2) is 8.90. The number of fused-ring (bicyclic) bond motifs is 1. The van der Waals surface area contributed by atoms with Gasteiger partial charge in [0.1, 0.15) is 0 Å². The van der Waals surface area contributed by atoms with E-state index < -0.39 is 0 Å². The summed E-state index contributed by atoms with van der Waals surface area (Å²) >= 11 is 0. The van der Waals surface area contributed by atoms with E-state index in [1.165, 1.54) is 6.42 Å². The fourth-order valence-corrected chi connectivity index (χ4v) is 3.81. The number of benzene rings is 2. The standard InChI is InChI=1S/C23H26N4O2/c28-21(24-17-18-9-3-1-4-10-18)13-16-27-20-12-6-5-11-19(20)25-22(23(27)29)26-14-7-2-8-15-26/h1,3-6,9-12H,2,7-8,13-17H2,(H,24,28). The van der Waals surface area contributed by atoms with Crippen molar-refractivity contribution in [1.29, 1.82) is 0 Å². The third kappa shape index (κ3) is 4.47. The number of amides is 1. The summed E-state index contributed by atoms with van der Waals surface area (Å²) in [6.45, 7) is 2.55. The van der Waals surface area contributed by atoms with Crippen molar-refractivity contribution >= 4 is 22.8 Å². The van der Waals surface area contributed by atoms with Crippen LogP contribution in [0.2, 0.25) is 0 Å². The van der Waals surface area contributed by atoms with Gasteiger partial charge in [-0.2, -0.15) is 0 Å². The molecule has 2 aromatic carbocycles. The van der Waals surface area contributed by atoms with Crippen LogP contribution in [0.1, 0.15) is 31.2 Å². The van der Waals surface area contributed by atoms with Crippen LogP contribution in [0.15, 0.2) is 59.4 Å². The number of hydrogen-bond acceptors (Lipinski definition) is 4. The van der Waals surface area contributed by atoms with Crippen LogP contribution in [-0.2, 0) is 17.9 Å². The minimum Gasteiger partial charge on any atom is -0.352 e. The molecule has 150 valence electrons. The molecule has 1 amide bonds. The van der Waals surface area contributed by atoms with Gasteiger partial charge in [0.15, 0.2) is 5.82 Å². The van der Waals surface area contributed by atoms with Crippen molar-refractivity contribution in [3.63, 3.8) is 0 Å². The van der Waals surface area contributed by atoms with Gasteiger partial charge in [-0.1, -0.05) is 42.5 Å². The minimum absolute atomic E-state index is 0.0684. The molecule has 0 bridgehead atoms. The first-order valence-corrected chi connectivity index (χ1v) is 10.3. The van der Waals surface area contributed by atoms with Crippen molar-refractivity contribution in [3.05, 3.63) is 70.5 Å². The summed E-state index contributed by atoms with van der Waals surface area (Å²) in [5, 5.41) is 2.93. The molecule has 0 aliphatic carbocycles. The van der Waals surface area contributed by atoms with Crippen molar-refractivity contribution in [3.8, 4) is 0 Å². The number of anilines is 1. The van der Waals surface area contributed by atoms with E-state index in [2.05, 4.69) is 15.2 Å². The number of nitrogens with zero attached hydrogens (tertiary/aromatic N) is 3. The fraction of sp³-hybridized carbons (Fsp3) is 0.348. The maximum Gasteiger partial charge on any atom is 0.294 e. The summed E-state index contributed by atoms with van der Waals surface area (Å²) in [4.78, 5) is 32.3. The van der Waals surface area contributed by atoms with Crippen molar-refractivity contribution in [1.82, 2.24) is 14.9 Å². The molecule has 1 fully saturated rings. The third-order valence-electron chi connectivity index (χ3n) is 5.39. The van der Waals surface area contributed by atoms with Gasteiger partial charge < -0.3 is 14.8 Å². The molecule has 4 rings (SSSR count). The summed E-state index contributed by atoms with van der Waals surface area (Å²) in [5.74, 6) is 0.439. The van der Waals surface area contributed by atoms with Crippen LogP contribution < -0.4 is 15.8 Å². The lowest BCUT2D eigenvalue weighted by Gasteiger charge is -2.27. The zero-order valence-electron chi connectivity index (χ0n) is 16.5. The highest BCUT2D eigenvalue weighted by Gasteiger charge is 2.19. The van der Waals surface area contributed by atoms with E-state index in [4.69, 9.17) is 0 Å². The largest absolute Gasteiger partial charge is 0.352 e. The van der Waals surface area contributed by atoms with Gasteiger partial charge in [-0.3, -0.25) is 9.59 Å². The van der Waals surface area contributed by atoms with Gasteiger partial charge in [0, 0.05) is 32.6 Å². The Morgan fingerprint density at radius 2 is 1.69 bits per heavy atom. The minimum atomic E-state index is -0.110. The lowest BCUT2D eigenvalue weighted by atomic mass is 10.1. The van der Waals surface area contributed by atoms with Gasteiger partial charge >= 0.3 is 0 Å². The number of aryl methyl sites for hydroxylation is 1. The van der Waals surface area contributed by atoms with Crippen LogP contribution in [-0.4, -0.2) is 28.5 Å². The maximum absolute atomic E-state index is 13.2. The van der Waals surface area contributed by atoms with E-state index in [1.807, 2.05) is 54.6 Å². The molecule has 1 aliphatic heterocycles. The van der Waals surface area contributed by atoms with Gasteiger partial charge in [0.25, 0.3) is 5.56 Å². The third-order valence-corrected chi connectivity index (χ3v) is 5.39. The first-order valence-electron chi connectivity index (χ1n) is 10.3. The Morgan fingerprint density at radius 1 is 0.966 bits per heavy atom. The molecule has 2 heterocycles. The Bertz CT molecular complexity index is 1040. The Labute approximate surface area is 170 Å². The Balaban J connectivity index is 1.53. The topological polar surface area (TPSA) is 67.2 Å². The molecule has 1 N–H and O–H groups in total. The molecule has 6 heteroatoms. The van der Waals surface area contributed by atoms with Crippen LogP contribution >= 0.6 is 0 Å². The Morgan fingerprint density at radius 3 is 2.48 bits per heavy atom. The molecular formula is C23H26N4O2. The first kappa shape index (κ1) is 19.2. The number of para-hydroxylation sites is 2. The fourth-order valence-electron chi connectivity index (χ4n) is 3.81. The predicted octanol–water partition coefficient (Wildman–Crippen LogP) is 3.09. The highest BCUT2D eigenvalue weighted by Crippen LogP contribution is 2.18. The average Bonchev–Trinajstić information content (AvgIpc) is 2.78. The molecule has 0 radical (unpaired) electrons. The first-order chi connectivity index (χ1) is 14.2. The van der Waals surface area contributed by atoms with E-state index in [0.29, 0.717) is 18.9 Å². The zero-order chi connectivity index (χ0) is 20.1. The number of carbonyl (C=O) groups is 1. The van der Waals surface area contributed by atoms with Gasteiger partial charge in [0.2, 0.25) is 5.91 Å². The number of hydrogen-bond donors (Lipinski definition) is 1. The van der Waals surface area contributed by atoms with Crippen LogP contribution in [0.5, 0.6) is 0 Å². The summed E-state index contributed by atoms with van der Waals surface area (Å²) in [6, 6.07) is 17.5. The second-order valence-corrected chi connectivity index (χ2v) is 7.44. The molecule has 1 aliphatic rings. The van der Waals surface area contributed by atoms with Gasteiger partial charge in [-0.15, -0.1) is 0 Å². The summed E-state index contributed by atoms with van der Waals surface area (Å²) in [5.41, 5.74) is 2.51. The van der Waals surface area contributed by atoms with Crippen LogP contribution in [0.4, 0.5) is 5.82 Å². The second-order valence-electron chi connectivity index (χ2n) is 7.44. The SMILES string of the molecule is O=C(CCn1c(=O)c(N2CCCCC2)nc2ccccc21)NCc1ccccc1. The van der Waals surface area contributed by atoms with E-state index in [-0.39, 0.29) is 17.9 Å². The lowest BCUT2D eigenvalue weighted by molar-refractivity contribution is -0.121. The number of aromatic nitrogens is 2. The van der Waals surface area contributed by atoms with E-state index in [9.17, 15) is 9.59 Å². The van der Waals surface area contributed by atoms with Crippen molar-refractivity contribution in [2.45, 2.75) is 38.8 Å². The van der Waals surface area contributed by atoms with Crippen molar-refractivity contribution in [2.24, 2.45) is 0 Å². The molecule has 29 heavy (non-hydrogen) atoms. The van der Waals surface area contributed by atoms with Crippen LogP contribution in [0.25, 0.3) is 11.0 Å². The zero-order valence-corrected chi connectivity index (χ0v) is 16.5. The van der Waals surface area contributed by atoms with Gasteiger partial charge in [0.05, 0.1) is 11.0 Å². The molecular weight excluding hydrogens is 364 g/mol. The highest BCUT2D eigenvalue weighted by molar-refractivity contribution is 5.78. The van der Waals surface area contributed by atoms with E-state index >= 15 is 0 Å². The predicted molar refractivity (Wildman–Crippen MR) is 115 cm³/mol. The van der Waals surface area contributed by atoms with E-state index in [0.717, 1.165) is 42.5 Å². The summed E-state index contributed by atoms with van der Waals surface area (Å²) in [7, 11) is 0. The quantitative estimate of drug-likeness (QED) is 0.702. The number of nitrogens with one attached hydrogen (secondary N) is 1. The molecule has 0 unspecified atom stereocenters. The van der Waals surface area contributed by atoms with Crippen LogP contribution in [0.3, 0.4) is 0 Å². The lowest BCUT2D eigenvalue weighted by Crippen LogP contribution is -2.37. The summed E-state index contributed by atoms with van der Waals surface area (Å²) < 4.78 is 1.70. The number of piperidine rings is 1. The molecule has 6 nitrogen and oxygen atoms in total. The van der Waals surface area contributed by atoms with E-state index in [1.54, 1.807) is 4.57 Å². The maximum atomic E-state index is 13.2. The molecule has 3 aromatic rings. The van der Waals surface area contributed by atoms with Crippen LogP contribution in [0, 0.1) is 0 Å². The molecule has 1 aromatic heterocycles. The van der Waals surface area contributed by atoms with Crippen molar-refractivity contribution in [2.75, 3.05) is 18.0 Å². The Hall–Kier alpha value is -3.15. The normalized spacial score (nSPS) is 14.1. The molecule has 0 atom stereocenters.